The number of hydrogen-bond donors (Lipinski definition) is 1. The van der Waals surface area contributed by atoms with E-state index < -0.39 is 0 Å². The number of anilines is 1. The number of carbonyl (C=O) groups is 1. The summed E-state index contributed by atoms with van der Waals surface area (Å²) in [5, 5.41) is 7.61. The van der Waals surface area contributed by atoms with Gasteiger partial charge < -0.3 is 5.73 Å². The SMILES string of the molecule is C1=CC2CCC1C2.Nc1ccc2ccc3cccc4ccc1c2c34.O=Cc1ccc(Br)cc1. The van der Waals surface area contributed by atoms with Crippen molar-refractivity contribution in [1.82, 2.24) is 0 Å². The third-order valence-electron chi connectivity index (χ3n) is 6.74. The Hall–Kier alpha value is -3.17. The molecule has 2 aliphatic carbocycles. The average molecular weight is 496 g/mol. The third-order valence-corrected chi connectivity index (χ3v) is 7.27. The van der Waals surface area contributed by atoms with Gasteiger partial charge in [0.2, 0.25) is 0 Å². The summed E-state index contributed by atoms with van der Waals surface area (Å²) in [5.74, 6) is 1.98. The fourth-order valence-electron chi connectivity index (χ4n) is 5.02. The van der Waals surface area contributed by atoms with Crippen LogP contribution < -0.4 is 5.73 Å². The molecule has 33 heavy (non-hydrogen) atoms. The van der Waals surface area contributed by atoms with Gasteiger partial charge in [-0.15, -0.1) is 0 Å². The minimum Gasteiger partial charge on any atom is -0.398 e. The maximum Gasteiger partial charge on any atom is 0.150 e. The van der Waals surface area contributed by atoms with Crippen molar-refractivity contribution in [2.24, 2.45) is 11.8 Å². The van der Waals surface area contributed by atoms with Gasteiger partial charge in [-0.3, -0.25) is 4.79 Å². The fourth-order valence-corrected chi connectivity index (χ4v) is 5.28. The molecule has 1 fully saturated rings. The van der Waals surface area contributed by atoms with Crippen LogP contribution in [-0.4, -0.2) is 6.29 Å². The largest absolute Gasteiger partial charge is 0.398 e. The summed E-state index contributed by atoms with van der Waals surface area (Å²) < 4.78 is 0.994. The second kappa shape index (κ2) is 9.36. The third kappa shape index (κ3) is 4.51. The summed E-state index contributed by atoms with van der Waals surface area (Å²) >= 11 is 3.26. The van der Waals surface area contributed by atoms with Crippen molar-refractivity contribution < 1.29 is 4.79 Å². The van der Waals surface area contributed by atoms with E-state index in [1.54, 1.807) is 12.1 Å². The lowest BCUT2D eigenvalue weighted by Crippen LogP contribution is -1.89. The number of nitrogens with two attached hydrogens (primary N) is 1. The highest BCUT2D eigenvalue weighted by atomic mass is 79.9. The van der Waals surface area contributed by atoms with Crippen LogP contribution in [0.2, 0.25) is 0 Å². The van der Waals surface area contributed by atoms with E-state index in [1.165, 1.54) is 46.2 Å². The Morgan fingerprint density at radius 1 is 0.727 bits per heavy atom. The van der Waals surface area contributed by atoms with Crippen molar-refractivity contribution in [3.8, 4) is 0 Å². The molecular weight excluding hydrogens is 470 g/mol. The van der Waals surface area contributed by atoms with Crippen LogP contribution >= 0.6 is 15.9 Å². The number of carbonyl (C=O) groups excluding carboxylic acids is 1. The first-order valence-electron chi connectivity index (χ1n) is 11.4. The van der Waals surface area contributed by atoms with Gasteiger partial charge in [0.15, 0.2) is 0 Å². The van der Waals surface area contributed by atoms with E-state index in [4.69, 9.17) is 5.73 Å². The van der Waals surface area contributed by atoms with Crippen LogP contribution in [0.25, 0.3) is 32.3 Å². The molecule has 2 bridgehead atoms. The summed E-state index contributed by atoms with van der Waals surface area (Å²) in [4.78, 5) is 10.1. The average Bonchev–Trinajstić information content (AvgIpc) is 3.52. The van der Waals surface area contributed by atoms with Crippen molar-refractivity contribution in [2.75, 3.05) is 5.73 Å². The first-order chi connectivity index (χ1) is 16.1. The predicted molar refractivity (Wildman–Crippen MR) is 144 cm³/mol. The van der Waals surface area contributed by atoms with Crippen LogP contribution in [0.4, 0.5) is 5.69 Å². The Morgan fingerprint density at radius 2 is 1.30 bits per heavy atom. The highest BCUT2D eigenvalue weighted by Gasteiger charge is 2.25. The minimum absolute atomic E-state index is 0.707. The molecule has 0 spiro atoms. The zero-order valence-electron chi connectivity index (χ0n) is 18.4. The molecule has 5 aromatic rings. The number of nitrogen functional groups attached to an aromatic ring is 1. The van der Waals surface area contributed by atoms with Crippen LogP contribution in [-0.2, 0) is 0 Å². The van der Waals surface area contributed by atoms with Gasteiger partial charge in [-0.05, 0) is 76.2 Å². The van der Waals surface area contributed by atoms with E-state index in [2.05, 4.69) is 76.6 Å². The highest BCUT2D eigenvalue weighted by molar-refractivity contribution is 9.10. The predicted octanol–water partition coefficient (Wildman–Crippen LogP) is 8.40. The first-order valence-corrected chi connectivity index (χ1v) is 12.2. The van der Waals surface area contributed by atoms with Gasteiger partial charge in [-0.2, -0.15) is 0 Å². The fraction of sp³-hybridized carbons (Fsp3) is 0.167. The van der Waals surface area contributed by atoms with Gasteiger partial charge in [0, 0.05) is 21.1 Å². The van der Waals surface area contributed by atoms with E-state index >= 15 is 0 Å². The number of halogens is 1. The Bertz CT molecular complexity index is 1410. The summed E-state index contributed by atoms with van der Waals surface area (Å²) in [6, 6.07) is 26.3. The van der Waals surface area contributed by atoms with Gasteiger partial charge in [-0.25, -0.2) is 0 Å². The van der Waals surface area contributed by atoms with Crippen LogP contribution in [0.3, 0.4) is 0 Å². The zero-order valence-corrected chi connectivity index (χ0v) is 20.0. The van der Waals surface area contributed by atoms with E-state index in [0.717, 1.165) is 33.7 Å². The van der Waals surface area contributed by atoms with E-state index in [-0.39, 0.29) is 0 Å². The minimum atomic E-state index is 0.707. The zero-order chi connectivity index (χ0) is 22.8. The molecule has 0 radical (unpaired) electrons. The number of hydrogen-bond acceptors (Lipinski definition) is 2. The Kier molecular flexibility index (Phi) is 6.15. The topological polar surface area (TPSA) is 43.1 Å². The molecule has 0 heterocycles. The number of fused-ring (bicyclic) bond motifs is 2. The van der Waals surface area contributed by atoms with Crippen LogP contribution in [0.1, 0.15) is 29.6 Å². The molecule has 164 valence electrons. The maximum absolute atomic E-state index is 10.1. The smallest absolute Gasteiger partial charge is 0.150 e. The van der Waals surface area contributed by atoms with E-state index in [9.17, 15) is 4.79 Å². The molecule has 2 nitrogen and oxygen atoms in total. The molecule has 5 aromatic carbocycles. The lowest BCUT2D eigenvalue weighted by atomic mass is 9.94. The second-order valence-corrected chi connectivity index (χ2v) is 9.81. The second-order valence-electron chi connectivity index (χ2n) is 8.90. The molecule has 2 N–H and O–H groups in total. The van der Waals surface area contributed by atoms with Crippen LogP contribution in [0, 0.1) is 11.8 Å². The first kappa shape index (κ1) is 21.7. The summed E-state index contributed by atoms with van der Waals surface area (Å²) in [6.45, 7) is 0. The molecule has 0 aliphatic heterocycles. The standard InChI is InChI=1S/C16H11N.C7H5BrO.C7H10/c17-14-9-7-12-5-4-10-2-1-3-11-6-8-13(14)16(12)15(10)11;8-7-3-1-6(5-9)2-4-7;1-2-7-4-3-6(1)5-7/h1-9H,17H2;1-5H;1-2,6-7H,3-5H2. The Balaban J connectivity index is 0.000000119. The number of aldehydes is 1. The van der Waals surface area contributed by atoms with Crippen molar-refractivity contribution in [1.29, 1.82) is 0 Å². The quantitative estimate of drug-likeness (QED) is 0.110. The lowest BCUT2D eigenvalue weighted by molar-refractivity contribution is 0.112. The maximum atomic E-state index is 10.1. The van der Waals surface area contributed by atoms with Crippen LogP contribution in [0.5, 0.6) is 0 Å². The molecule has 0 saturated heterocycles. The van der Waals surface area contributed by atoms with E-state index in [1.807, 2.05) is 18.2 Å². The molecule has 0 aromatic heterocycles. The number of allylic oxidation sites excluding steroid dienone is 2. The summed E-state index contributed by atoms with van der Waals surface area (Å²) in [6.07, 6.45) is 10.0. The molecule has 2 unspecified atom stereocenters. The molecule has 3 heteroatoms. The number of benzene rings is 5. The van der Waals surface area contributed by atoms with Crippen molar-refractivity contribution >= 4 is 60.2 Å². The van der Waals surface area contributed by atoms with Gasteiger partial charge in [0.25, 0.3) is 0 Å². The normalized spacial score (nSPS) is 18.2. The monoisotopic (exact) mass is 495 g/mol. The van der Waals surface area contributed by atoms with Crippen molar-refractivity contribution in [2.45, 2.75) is 19.3 Å². The van der Waals surface area contributed by atoms with Crippen molar-refractivity contribution in [3.05, 3.63) is 101 Å². The van der Waals surface area contributed by atoms with Gasteiger partial charge in [-0.1, -0.05) is 88.7 Å². The highest BCUT2D eigenvalue weighted by Crippen LogP contribution is 2.38. The number of rotatable bonds is 1. The molecule has 7 rings (SSSR count). The van der Waals surface area contributed by atoms with Gasteiger partial charge in [0.05, 0.1) is 0 Å². The molecule has 1 saturated carbocycles. The summed E-state index contributed by atoms with van der Waals surface area (Å²) in [7, 11) is 0. The lowest BCUT2D eigenvalue weighted by Gasteiger charge is -2.11. The van der Waals surface area contributed by atoms with Crippen LogP contribution in [0.15, 0.2) is 95.5 Å². The Morgan fingerprint density at radius 3 is 1.85 bits per heavy atom. The van der Waals surface area contributed by atoms with Gasteiger partial charge >= 0.3 is 0 Å². The molecular formula is C30H26BrNO. The summed E-state index contributed by atoms with van der Waals surface area (Å²) in [5.41, 5.74) is 7.63. The van der Waals surface area contributed by atoms with E-state index in [0.29, 0.717) is 5.56 Å². The molecule has 0 amide bonds. The van der Waals surface area contributed by atoms with Crippen molar-refractivity contribution in [3.63, 3.8) is 0 Å². The molecule has 2 aliphatic rings. The Labute approximate surface area is 202 Å². The molecule has 2 atom stereocenters. The van der Waals surface area contributed by atoms with Gasteiger partial charge in [0.1, 0.15) is 6.29 Å².